The molecule has 0 aromatic carbocycles. The van der Waals surface area contributed by atoms with Crippen LogP contribution in [0.2, 0.25) is 0 Å². The second-order valence-corrected chi connectivity index (χ2v) is 3.25. The van der Waals surface area contributed by atoms with Gasteiger partial charge in [0.25, 0.3) is 0 Å². The highest BCUT2D eigenvalue weighted by molar-refractivity contribution is 5.06. The first-order valence-electron chi connectivity index (χ1n) is 4.30. The van der Waals surface area contributed by atoms with Gasteiger partial charge in [-0.15, -0.1) is 0 Å². The topological polar surface area (TPSA) is 38.7 Å². The zero-order chi connectivity index (χ0) is 12.3. The first-order chi connectivity index (χ1) is 6.71. The van der Waals surface area contributed by atoms with Gasteiger partial charge in [0.1, 0.15) is 0 Å². The maximum absolute atomic E-state index is 12.7. The highest BCUT2D eigenvalue weighted by Crippen LogP contribution is 2.38. The van der Waals surface area contributed by atoms with Gasteiger partial charge in [-0.25, -0.2) is 0 Å². The molecule has 0 radical (unpaired) electrons. The highest BCUT2D eigenvalue weighted by Gasteiger charge is 2.60. The zero-order valence-electron chi connectivity index (χ0n) is 8.84. The van der Waals surface area contributed by atoms with Crippen LogP contribution in [0, 0.1) is 0 Å². The van der Waals surface area contributed by atoms with E-state index >= 15 is 0 Å². The summed E-state index contributed by atoms with van der Waals surface area (Å²) in [5.41, 5.74) is -2.89. The van der Waals surface area contributed by atoms with Crippen molar-refractivity contribution < 1.29 is 27.8 Å². The number of alkyl halides is 3. The molecule has 0 aliphatic carbocycles. The van der Waals surface area contributed by atoms with Crippen molar-refractivity contribution in [2.24, 2.45) is 0 Å². The van der Waals surface area contributed by atoms with Crippen LogP contribution in [-0.4, -0.2) is 36.4 Å². The van der Waals surface area contributed by atoms with E-state index in [2.05, 4.69) is 16.1 Å². The average Bonchev–Trinajstić information content (AvgIpc) is 2.10. The molecule has 90 valence electrons. The number of aliphatic hydroxyl groups is 1. The quantitative estimate of drug-likeness (QED) is 0.576. The van der Waals surface area contributed by atoms with Gasteiger partial charge in [-0.1, -0.05) is 6.58 Å². The Bertz CT molecular complexity index is 215. The lowest BCUT2D eigenvalue weighted by Crippen LogP contribution is -2.56. The largest absolute Gasteiger partial charge is 0.426 e. The van der Waals surface area contributed by atoms with Crippen molar-refractivity contribution in [3.8, 4) is 0 Å². The third-order valence-corrected chi connectivity index (χ3v) is 1.77. The fourth-order valence-electron chi connectivity index (χ4n) is 1.09. The molecule has 0 aromatic rings. The molecule has 0 rings (SSSR count). The molecule has 0 fully saturated rings. The monoisotopic (exact) mass is 228 g/mol. The molecule has 0 spiro atoms. The summed E-state index contributed by atoms with van der Waals surface area (Å²) in [6.07, 6.45) is -7.16. The molecule has 0 bridgehead atoms. The number of aliphatic hydroxyl groups excluding tert-OH is 1. The zero-order valence-corrected chi connectivity index (χ0v) is 8.84. The summed E-state index contributed by atoms with van der Waals surface area (Å²) in [6, 6.07) is 0. The Morgan fingerprint density at radius 1 is 1.33 bits per heavy atom. The van der Waals surface area contributed by atoms with Gasteiger partial charge in [0, 0.05) is 7.11 Å². The SMILES string of the molecule is C=CC(OC(C)C)(C(O)OC)C(F)(F)F. The minimum atomic E-state index is -4.80. The van der Waals surface area contributed by atoms with Gasteiger partial charge in [-0.3, -0.25) is 0 Å². The third-order valence-electron chi connectivity index (χ3n) is 1.77. The molecule has 0 saturated heterocycles. The molecule has 0 aliphatic rings. The van der Waals surface area contributed by atoms with Crippen LogP contribution < -0.4 is 0 Å². The lowest BCUT2D eigenvalue weighted by molar-refractivity contribution is -0.333. The van der Waals surface area contributed by atoms with E-state index in [9.17, 15) is 18.3 Å². The fraction of sp³-hybridized carbons (Fsp3) is 0.778. The fourth-order valence-corrected chi connectivity index (χ4v) is 1.09. The van der Waals surface area contributed by atoms with Gasteiger partial charge in [-0.05, 0) is 19.9 Å². The van der Waals surface area contributed by atoms with Gasteiger partial charge < -0.3 is 14.6 Å². The van der Waals surface area contributed by atoms with E-state index in [0.29, 0.717) is 6.08 Å². The second kappa shape index (κ2) is 4.96. The summed E-state index contributed by atoms with van der Waals surface area (Å²) in [5.74, 6) is 0. The van der Waals surface area contributed by atoms with E-state index in [1.807, 2.05) is 0 Å². The van der Waals surface area contributed by atoms with Crippen molar-refractivity contribution in [2.75, 3.05) is 7.11 Å². The molecular weight excluding hydrogens is 213 g/mol. The minimum absolute atomic E-state index is 0.501. The molecule has 0 heterocycles. The molecule has 0 aromatic heterocycles. The Labute approximate surface area is 86.5 Å². The van der Waals surface area contributed by atoms with Crippen LogP contribution >= 0.6 is 0 Å². The van der Waals surface area contributed by atoms with Crippen molar-refractivity contribution in [2.45, 2.75) is 38.0 Å². The molecular formula is C9H15F3O3. The first kappa shape index (κ1) is 14.4. The predicted molar refractivity (Wildman–Crippen MR) is 48.2 cm³/mol. The summed E-state index contributed by atoms with van der Waals surface area (Å²) in [5, 5.41) is 9.21. The Morgan fingerprint density at radius 2 is 1.80 bits per heavy atom. The normalized spacial score (nSPS) is 18.7. The van der Waals surface area contributed by atoms with Gasteiger partial charge in [0.05, 0.1) is 6.10 Å². The van der Waals surface area contributed by atoms with Crippen LogP contribution in [-0.2, 0) is 9.47 Å². The molecule has 6 heteroatoms. The van der Waals surface area contributed by atoms with E-state index in [-0.39, 0.29) is 0 Å². The van der Waals surface area contributed by atoms with Gasteiger partial charge >= 0.3 is 6.18 Å². The van der Waals surface area contributed by atoms with E-state index in [4.69, 9.17) is 0 Å². The van der Waals surface area contributed by atoms with E-state index in [1.54, 1.807) is 0 Å². The van der Waals surface area contributed by atoms with Crippen LogP contribution in [0.3, 0.4) is 0 Å². The molecule has 0 amide bonds. The molecule has 0 saturated carbocycles. The molecule has 3 nitrogen and oxygen atoms in total. The number of ether oxygens (including phenoxy) is 2. The number of rotatable bonds is 5. The second-order valence-electron chi connectivity index (χ2n) is 3.25. The Kier molecular flexibility index (Phi) is 4.76. The lowest BCUT2D eigenvalue weighted by Gasteiger charge is -2.37. The molecule has 2 atom stereocenters. The van der Waals surface area contributed by atoms with Crippen LogP contribution in [0.4, 0.5) is 13.2 Å². The number of hydrogen-bond acceptors (Lipinski definition) is 3. The minimum Gasteiger partial charge on any atom is -0.365 e. The highest BCUT2D eigenvalue weighted by atomic mass is 19.4. The molecule has 2 unspecified atom stereocenters. The van der Waals surface area contributed by atoms with Crippen molar-refractivity contribution in [3.63, 3.8) is 0 Å². The van der Waals surface area contributed by atoms with Crippen LogP contribution in [0.15, 0.2) is 12.7 Å². The van der Waals surface area contributed by atoms with Crippen molar-refractivity contribution >= 4 is 0 Å². The molecule has 1 N–H and O–H groups in total. The maximum atomic E-state index is 12.7. The van der Waals surface area contributed by atoms with Gasteiger partial charge in [0.15, 0.2) is 6.29 Å². The summed E-state index contributed by atoms with van der Waals surface area (Å²) in [4.78, 5) is 0. The van der Waals surface area contributed by atoms with Crippen LogP contribution in [0.25, 0.3) is 0 Å². The Balaban J connectivity index is 5.20. The third kappa shape index (κ3) is 2.93. The van der Waals surface area contributed by atoms with E-state index < -0.39 is 24.2 Å². The number of methoxy groups -OCH3 is 1. The van der Waals surface area contributed by atoms with Gasteiger partial charge in [-0.2, -0.15) is 13.2 Å². The standard InChI is InChI=1S/C9H15F3O3/c1-5-8(7(13)14-4,9(10,11)12)15-6(2)3/h5-7,13H,1H2,2-4H3. The number of halogens is 3. The molecule has 15 heavy (non-hydrogen) atoms. The summed E-state index contributed by atoms with van der Waals surface area (Å²) < 4.78 is 47.2. The Hall–Kier alpha value is -0.590. The smallest absolute Gasteiger partial charge is 0.365 e. The summed E-state index contributed by atoms with van der Waals surface area (Å²) in [6.45, 7) is 5.88. The van der Waals surface area contributed by atoms with Crippen LogP contribution in [0.5, 0.6) is 0 Å². The first-order valence-corrected chi connectivity index (χ1v) is 4.30. The van der Waals surface area contributed by atoms with E-state index in [0.717, 1.165) is 7.11 Å². The van der Waals surface area contributed by atoms with Gasteiger partial charge in [0.2, 0.25) is 5.60 Å². The number of hydrogen-bond donors (Lipinski definition) is 1. The summed E-state index contributed by atoms with van der Waals surface area (Å²) in [7, 11) is 0.957. The average molecular weight is 228 g/mol. The Morgan fingerprint density at radius 3 is 2.00 bits per heavy atom. The molecule has 0 aliphatic heterocycles. The van der Waals surface area contributed by atoms with Crippen molar-refractivity contribution in [1.82, 2.24) is 0 Å². The lowest BCUT2D eigenvalue weighted by atomic mass is 10.0. The summed E-state index contributed by atoms with van der Waals surface area (Å²) >= 11 is 0. The van der Waals surface area contributed by atoms with Crippen molar-refractivity contribution in [3.05, 3.63) is 12.7 Å². The maximum Gasteiger partial charge on any atom is 0.426 e. The van der Waals surface area contributed by atoms with Crippen molar-refractivity contribution in [1.29, 1.82) is 0 Å². The predicted octanol–water partition coefficient (Wildman–Crippen LogP) is 1.86. The van der Waals surface area contributed by atoms with Crippen LogP contribution in [0.1, 0.15) is 13.8 Å². The van der Waals surface area contributed by atoms with E-state index in [1.165, 1.54) is 13.8 Å².